The van der Waals surface area contributed by atoms with Crippen LogP contribution in [0.1, 0.15) is 368 Å². The van der Waals surface area contributed by atoms with Crippen molar-refractivity contribution in [1.82, 2.24) is 130 Å². The molecule has 0 fully saturated rings. The van der Waals surface area contributed by atoms with Crippen LogP contribution >= 0.6 is 0 Å². The van der Waals surface area contributed by atoms with Crippen LogP contribution in [0.15, 0.2) is 67.0 Å². The van der Waals surface area contributed by atoms with Gasteiger partial charge >= 0.3 is 0 Å². The van der Waals surface area contributed by atoms with Gasteiger partial charge in [0, 0.05) is 32.7 Å². The minimum absolute atomic E-state index is 0.358. The molecular weight excluding hydrogens is 1390 g/mol. The second-order valence-corrected chi connectivity index (χ2v) is 32.3. The molecule has 0 atom stereocenters. The average Bonchev–Trinajstić information content (AvgIpc) is 1.78. The highest BCUT2D eigenvalue weighted by molar-refractivity contribution is 5.81. The molecule has 0 bridgehead atoms. The maximum Gasteiger partial charge on any atom is 0.200 e. The molecule has 0 saturated carbocycles. The van der Waals surface area contributed by atoms with E-state index in [2.05, 4.69) is 314 Å². The van der Waals surface area contributed by atoms with Crippen molar-refractivity contribution in [2.24, 2.45) is 19.1 Å². The first-order chi connectivity index (χ1) is 52.5. The normalized spacial score (nSPS) is 12.0. The maximum atomic E-state index is 4.69. The zero-order valence-electron chi connectivity index (χ0n) is 71.2. The van der Waals surface area contributed by atoms with Gasteiger partial charge in [-0.05, 0) is 88.9 Å². The highest BCUT2D eigenvalue weighted by atomic mass is 15.3. The fraction of sp³-hybridized carbons (Fsp3) is 0.536. The lowest BCUT2D eigenvalue weighted by atomic mass is 10.00. The Bertz CT molecular complexity index is 4650. The lowest BCUT2D eigenvalue weighted by molar-refractivity contribution is 0.715. The first kappa shape index (κ1) is 86.1. The Morgan fingerprint density at radius 1 is 0.297 bits per heavy atom. The first-order valence-electron chi connectivity index (χ1n) is 39.2. The monoisotopic (exact) mass is 1500 g/mol. The molecule has 0 amide bonds. The molecule has 0 N–H and O–H groups in total. The molecule has 0 aliphatic carbocycles. The number of aryl methyl sites for hydroxylation is 2. The Labute approximate surface area is 655 Å². The van der Waals surface area contributed by atoms with Crippen LogP contribution in [0.4, 0.5) is 0 Å². The number of hydrogen-bond donors (Lipinski definition) is 0. The molecule has 13 aromatic heterocycles. The lowest BCUT2D eigenvalue weighted by Gasteiger charge is -2.14. The van der Waals surface area contributed by atoms with Crippen molar-refractivity contribution in [2.75, 3.05) is 0 Å². The van der Waals surface area contributed by atoms with Crippen molar-refractivity contribution in [3.05, 3.63) is 153 Å². The summed E-state index contributed by atoms with van der Waals surface area (Å²) in [4.78, 5) is 85.5. The maximum absolute atomic E-state index is 4.69. The fourth-order valence-corrected chi connectivity index (χ4v) is 12.2. The van der Waals surface area contributed by atoms with Gasteiger partial charge in [0.15, 0.2) is 28.2 Å². The molecule has 1 aliphatic heterocycles. The van der Waals surface area contributed by atoms with E-state index in [1.54, 1.807) is 52.7 Å². The average molecular weight is 1510 g/mol. The fourth-order valence-electron chi connectivity index (χ4n) is 12.2. The number of fused-ring (bicyclic) bond motifs is 7. The quantitative estimate of drug-likeness (QED) is 0.0976. The number of nitrogens with zero attached hydrogens (tertiary/aromatic N) is 27. The van der Waals surface area contributed by atoms with Crippen LogP contribution in [0.5, 0.6) is 0 Å². The largest absolute Gasteiger partial charge is 0.284 e. The van der Waals surface area contributed by atoms with E-state index in [-0.39, 0.29) is 0 Å². The summed E-state index contributed by atoms with van der Waals surface area (Å²) in [6.07, 6.45) is 17.0. The van der Waals surface area contributed by atoms with Crippen LogP contribution in [0.25, 0.3) is 67.0 Å². The Morgan fingerprint density at radius 3 is 1.11 bits per heavy atom. The van der Waals surface area contributed by atoms with Crippen LogP contribution in [-0.4, -0.2) is 136 Å². The molecule has 14 rings (SSSR count). The van der Waals surface area contributed by atoms with E-state index in [9.17, 15) is 0 Å². The van der Waals surface area contributed by atoms with Crippen LogP contribution in [0, 0.1) is 0 Å². The van der Waals surface area contributed by atoms with E-state index < -0.39 is 0 Å². The van der Waals surface area contributed by atoms with Crippen LogP contribution in [-0.2, 0) is 20.6 Å². The third-order valence-electron chi connectivity index (χ3n) is 17.9. The summed E-state index contributed by atoms with van der Waals surface area (Å²) in [6, 6.07) is 1.85. The molecule has 27 nitrogen and oxygen atoms in total. The Balaban J connectivity index is 0.000000163. The van der Waals surface area contributed by atoms with E-state index >= 15 is 0 Å². The van der Waals surface area contributed by atoms with E-state index in [0.717, 1.165) is 135 Å². The van der Waals surface area contributed by atoms with E-state index in [4.69, 9.17) is 4.98 Å². The smallest absolute Gasteiger partial charge is 0.200 e. The third kappa shape index (κ3) is 21.8. The highest BCUT2D eigenvalue weighted by Crippen LogP contribution is 2.32. The molecule has 0 unspecified atom stereocenters. The number of aromatic nitrogens is 26. The summed E-state index contributed by atoms with van der Waals surface area (Å²) in [7, 11) is 3.80. The Kier molecular flexibility index (Phi) is 29.8. The van der Waals surface area contributed by atoms with E-state index in [1.807, 2.05) is 32.6 Å². The third-order valence-corrected chi connectivity index (χ3v) is 17.9. The van der Waals surface area contributed by atoms with Gasteiger partial charge in [0.05, 0.1) is 129 Å². The molecule has 0 aromatic carbocycles. The second-order valence-electron chi connectivity index (χ2n) is 32.3. The van der Waals surface area contributed by atoms with E-state index in [0.29, 0.717) is 112 Å². The summed E-state index contributed by atoms with van der Waals surface area (Å²) in [5, 5.41) is 24.0. The topological polar surface area (TPSA) is 332 Å². The van der Waals surface area contributed by atoms with Gasteiger partial charge in [0.2, 0.25) is 5.65 Å². The predicted octanol–water partition coefficient (Wildman–Crippen LogP) is 18.5. The summed E-state index contributed by atoms with van der Waals surface area (Å²) in [6.45, 7) is 60.6. The molecule has 111 heavy (non-hydrogen) atoms. The van der Waals surface area contributed by atoms with Gasteiger partial charge in [-0.3, -0.25) is 14.7 Å². The van der Waals surface area contributed by atoms with Crippen LogP contribution < -0.4 is 0 Å². The molecule has 27 heteroatoms. The number of rotatable bonds is 14. The van der Waals surface area contributed by atoms with Crippen molar-refractivity contribution in [3.8, 4) is 0 Å². The molecule has 588 valence electrons. The van der Waals surface area contributed by atoms with Gasteiger partial charge in [-0.15, -0.1) is 5.10 Å². The van der Waals surface area contributed by atoms with Crippen molar-refractivity contribution >= 4 is 73.2 Å². The van der Waals surface area contributed by atoms with Gasteiger partial charge in [-0.25, -0.2) is 89.4 Å². The standard InChI is InChI=1S/2C12H18N4.4C12H16N4.C12H17N3/c1-7(2)10-11(8(3)4)14-12-9(13-10)6-16(5)15-12;1-7(2)10-11(8(3)4)15-12-9(14-10)6-13-16(12)5;1-7(2)10-11(8(3)4)16-12-9(15-10)5-13-6-14-12;1-7(2)11-12(8(3)4)16-10-6-14-13-5-9(10)15-11;1-7(2)9-10(8(3)4)16-12-11(15-9)13-5-6-14-12;1-7(2)10-11(8(3)4)15-12-9(14-10)5-6-13-16-12;1-7(2)11-12(8(3)4)15-10-6-13-5-9(10)14-11/h2*6-8H,1-5H3;4*5-8H,1-4H3;5,7-8H,6H2,1-4H3. The van der Waals surface area contributed by atoms with Gasteiger partial charge < -0.3 is 0 Å². The minimum Gasteiger partial charge on any atom is -0.284 e. The van der Waals surface area contributed by atoms with E-state index in [1.165, 1.54) is 6.33 Å². The zero-order chi connectivity index (χ0) is 81.6. The Hall–Kier alpha value is -10.5. The van der Waals surface area contributed by atoms with Crippen LogP contribution in [0.2, 0.25) is 0 Å². The molecule has 1 aliphatic rings. The summed E-state index contributed by atoms with van der Waals surface area (Å²) < 4.78 is 3.54. The van der Waals surface area contributed by atoms with Crippen LogP contribution in [0.3, 0.4) is 0 Å². The zero-order valence-corrected chi connectivity index (χ0v) is 71.2. The SMILES string of the molecule is CC(C)c1nc2c(nc1C(C)C)CN=C2.CC(C)c1nc2ccnnc2nc1C(C)C.CC(C)c1nc2cn(C)nc2nc1C(C)C.CC(C)c1nc2cncnc2nc1C(C)C.CC(C)c1nc2cnn(C)c2nc1C(C)C.CC(C)c1nc2cnncc2nc1C(C)C.CC(C)c1nc2nccnc2nc1C(C)C. The minimum atomic E-state index is 0.358. The first-order valence-corrected chi connectivity index (χ1v) is 39.2. The number of hydrogen-bond acceptors (Lipinski definition) is 25. The summed E-state index contributed by atoms with van der Waals surface area (Å²) in [5.74, 6) is 5.37. The number of aliphatic imine (C=N–C) groups is 1. The molecule has 14 heterocycles. The van der Waals surface area contributed by atoms with Crippen molar-refractivity contribution in [2.45, 2.75) is 283 Å². The van der Waals surface area contributed by atoms with Crippen molar-refractivity contribution < 1.29 is 0 Å². The van der Waals surface area contributed by atoms with Crippen molar-refractivity contribution in [3.63, 3.8) is 0 Å². The van der Waals surface area contributed by atoms with Gasteiger partial charge in [-0.1, -0.05) is 194 Å². The lowest BCUT2D eigenvalue weighted by Crippen LogP contribution is -2.09. The second kappa shape index (κ2) is 38.4. The molecular formula is C84H117N27. The van der Waals surface area contributed by atoms with Gasteiger partial charge in [0.1, 0.15) is 45.1 Å². The molecule has 0 saturated heterocycles. The molecule has 0 radical (unpaired) electrons. The van der Waals surface area contributed by atoms with Gasteiger partial charge in [-0.2, -0.15) is 25.5 Å². The summed E-state index contributed by atoms with van der Waals surface area (Å²) >= 11 is 0. The predicted molar refractivity (Wildman–Crippen MR) is 444 cm³/mol. The summed E-state index contributed by atoms with van der Waals surface area (Å²) in [5.41, 5.74) is 26.2. The molecule has 0 spiro atoms. The van der Waals surface area contributed by atoms with Gasteiger partial charge in [0.25, 0.3) is 0 Å². The molecule has 13 aromatic rings. The Morgan fingerprint density at radius 2 is 0.658 bits per heavy atom. The highest BCUT2D eigenvalue weighted by Gasteiger charge is 2.24. The van der Waals surface area contributed by atoms with Crippen molar-refractivity contribution in [1.29, 1.82) is 0 Å².